The van der Waals surface area contributed by atoms with Crippen LogP contribution in [0.4, 0.5) is 0 Å². The maximum absolute atomic E-state index is 11.5. The van der Waals surface area contributed by atoms with Crippen molar-refractivity contribution in [3.63, 3.8) is 0 Å². The Labute approximate surface area is 85.1 Å². The number of nitrogens with two attached hydrogens (primary N) is 1. The average molecular weight is 191 g/mol. The molecule has 1 rings (SSSR count). The Morgan fingerprint density at radius 2 is 2.14 bits per heavy atom. The molecule has 0 spiro atoms. The first-order valence-electron chi connectivity index (χ1n) is 4.98. The van der Waals surface area contributed by atoms with Gasteiger partial charge in [0.2, 0.25) is 0 Å². The molecule has 0 heterocycles. The van der Waals surface area contributed by atoms with Gasteiger partial charge in [0.15, 0.2) is 5.78 Å². The third kappa shape index (κ3) is 2.67. The van der Waals surface area contributed by atoms with Gasteiger partial charge in [-0.25, -0.2) is 0 Å². The van der Waals surface area contributed by atoms with Gasteiger partial charge in [-0.05, 0) is 24.1 Å². The summed E-state index contributed by atoms with van der Waals surface area (Å²) in [6.45, 7) is 4.66. The summed E-state index contributed by atoms with van der Waals surface area (Å²) in [5.41, 5.74) is 7.32. The fourth-order valence-electron chi connectivity index (χ4n) is 1.35. The fraction of sp³-hybridized carbons (Fsp3) is 0.417. The summed E-state index contributed by atoms with van der Waals surface area (Å²) in [4.78, 5) is 11.5. The third-order valence-corrected chi connectivity index (χ3v) is 2.25. The van der Waals surface area contributed by atoms with E-state index < -0.39 is 0 Å². The minimum atomic E-state index is 0.134. The molecule has 2 heteroatoms. The first kappa shape index (κ1) is 10.9. The minimum absolute atomic E-state index is 0.134. The van der Waals surface area contributed by atoms with Crippen molar-refractivity contribution in [2.75, 3.05) is 6.54 Å². The molecule has 14 heavy (non-hydrogen) atoms. The zero-order valence-electron chi connectivity index (χ0n) is 8.79. The van der Waals surface area contributed by atoms with Crippen LogP contribution in [0.3, 0.4) is 0 Å². The Balaban J connectivity index is 2.88. The van der Waals surface area contributed by atoms with Crippen molar-refractivity contribution < 1.29 is 4.79 Å². The van der Waals surface area contributed by atoms with Crippen molar-refractivity contribution in [3.05, 3.63) is 35.4 Å². The van der Waals surface area contributed by atoms with Gasteiger partial charge in [0.1, 0.15) is 0 Å². The summed E-state index contributed by atoms with van der Waals surface area (Å²) >= 11 is 0. The molecule has 76 valence electrons. The molecule has 0 radical (unpaired) electrons. The number of carbonyl (C=O) groups excluding carboxylic acids is 1. The van der Waals surface area contributed by atoms with E-state index >= 15 is 0 Å². The topological polar surface area (TPSA) is 43.1 Å². The van der Waals surface area contributed by atoms with Gasteiger partial charge < -0.3 is 5.73 Å². The normalized spacial score (nSPS) is 10.6. The number of rotatable bonds is 4. The quantitative estimate of drug-likeness (QED) is 0.742. The largest absolute Gasteiger partial charge is 0.330 e. The standard InChI is InChI=1S/C12H17NO/c1-9(2)10-4-3-5-11(8-10)12(14)6-7-13/h3-5,8-9H,6-7,13H2,1-2H3. The number of ketones is 1. The van der Waals surface area contributed by atoms with Gasteiger partial charge in [-0.1, -0.05) is 32.0 Å². The van der Waals surface area contributed by atoms with E-state index in [2.05, 4.69) is 13.8 Å². The van der Waals surface area contributed by atoms with Crippen LogP contribution < -0.4 is 5.73 Å². The molecule has 0 unspecified atom stereocenters. The summed E-state index contributed by atoms with van der Waals surface area (Å²) in [7, 11) is 0. The summed E-state index contributed by atoms with van der Waals surface area (Å²) in [5, 5.41) is 0. The van der Waals surface area contributed by atoms with Crippen LogP contribution in [0.15, 0.2) is 24.3 Å². The van der Waals surface area contributed by atoms with Crippen molar-refractivity contribution >= 4 is 5.78 Å². The lowest BCUT2D eigenvalue weighted by Gasteiger charge is -2.06. The second-order valence-electron chi connectivity index (χ2n) is 3.74. The Bertz CT molecular complexity index is 318. The van der Waals surface area contributed by atoms with E-state index in [9.17, 15) is 4.79 Å². The second-order valence-corrected chi connectivity index (χ2v) is 3.74. The predicted octanol–water partition coefficient (Wildman–Crippen LogP) is 2.34. The first-order chi connectivity index (χ1) is 6.65. The third-order valence-electron chi connectivity index (χ3n) is 2.25. The van der Waals surface area contributed by atoms with Crippen LogP contribution in [0.5, 0.6) is 0 Å². The molecule has 0 aliphatic carbocycles. The average Bonchev–Trinajstić information content (AvgIpc) is 2.18. The van der Waals surface area contributed by atoms with Crippen LogP contribution >= 0.6 is 0 Å². The molecule has 1 aromatic carbocycles. The highest BCUT2D eigenvalue weighted by Crippen LogP contribution is 2.16. The Hall–Kier alpha value is -1.15. The molecule has 0 saturated heterocycles. The van der Waals surface area contributed by atoms with Crippen LogP contribution in [-0.4, -0.2) is 12.3 Å². The molecule has 0 amide bonds. The molecule has 0 fully saturated rings. The van der Waals surface area contributed by atoms with E-state index in [1.165, 1.54) is 5.56 Å². The van der Waals surface area contributed by atoms with Crippen LogP contribution in [-0.2, 0) is 0 Å². The monoisotopic (exact) mass is 191 g/mol. The summed E-state index contributed by atoms with van der Waals surface area (Å²) in [6, 6.07) is 7.79. The number of carbonyl (C=O) groups is 1. The Morgan fingerprint density at radius 1 is 1.43 bits per heavy atom. The molecule has 0 saturated carbocycles. The van der Waals surface area contributed by atoms with E-state index in [4.69, 9.17) is 5.73 Å². The van der Waals surface area contributed by atoms with Gasteiger partial charge >= 0.3 is 0 Å². The van der Waals surface area contributed by atoms with Crippen LogP contribution in [0, 0.1) is 0 Å². The summed E-state index contributed by atoms with van der Waals surface area (Å²) < 4.78 is 0. The molecular weight excluding hydrogens is 174 g/mol. The van der Waals surface area contributed by atoms with Crippen molar-refractivity contribution in [1.29, 1.82) is 0 Å². The summed E-state index contributed by atoms with van der Waals surface area (Å²) in [6.07, 6.45) is 0.432. The van der Waals surface area contributed by atoms with Crippen molar-refractivity contribution in [1.82, 2.24) is 0 Å². The van der Waals surface area contributed by atoms with Crippen LogP contribution in [0.25, 0.3) is 0 Å². The maximum atomic E-state index is 11.5. The molecule has 0 aliphatic heterocycles. The lowest BCUT2D eigenvalue weighted by molar-refractivity contribution is 0.0985. The molecule has 0 bridgehead atoms. The van der Waals surface area contributed by atoms with E-state index in [-0.39, 0.29) is 5.78 Å². The molecule has 0 aromatic heterocycles. The van der Waals surface area contributed by atoms with Crippen molar-refractivity contribution in [2.45, 2.75) is 26.2 Å². The zero-order valence-corrected chi connectivity index (χ0v) is 8.79. The molecule has 0 aliphatic rings. The lowest BCUT2D eigenvalue weighted by atomic mass is 9.98. The van der Waals surface area contributed by atoms with Gasteiger partial charge in [-0.3, -0.25) is 4.79 Å². The van der Waals surface area contributed by atoms with Gasteiger partial charge in [-0.2, -0.15) is 0 Å². The second kappa shape index (κ2) is 4.91. The van der Waals surface area contributed by atoms with Crippen molar-refractivity contribution in [3.8, 4) is 0 Å². The number of hydrogen-bond acceptors (Lipinski definition) is 2. The zero-order chi connectivity index (χ0) is 10.6. The van der Waals surface area contributed by atoms with E-state index in [0.717, 1.165) is 5.56 Å². The highest BCUT2D eigenvalue weighted by Gasteiger charge is 2.06. The smallest absolute Gasteiger partial charge is 0.164 e. The molecule has 0 atom stereocenters. The highest BCUT2D eigenvalue weighted by molar-refractivity contribution is 5.96. The van der Waals surface area contributed by atoms with Crippen molar-refractivity contribution in [2.24, 2.45) is 5.73 Å². The van der Waals surface area contributed by atoms with Gasteiger partial charge in [-0.15, -0.1) is 0 Å². The van der Waals surface area contributed by atoms with E-state index in [0.29, 0.717) is 18.9 Å². The minimum Gasteiger partial charge on any atom is -0.330 e. The van der Waals surface area contributed by atoms with E-state index in [1.807, 2.05) is 24.3 Å². The van der Waals surface area contributed by atoms with Crippen LogP contribution in [0.2, 0.25) is 0 Å². The first-order valence-corrected chi connectivity index (χ1v) is 4.98. The highest BCUT2D eigenvalue weighted by atomic mass is 16.1. The Kier molecular flexibility index (Phi) is 3.84. The van der Waals surface area contributed by atoms with Gasteiger partial charge in [0, 0.05) is 12.0 Å². The maximum Gasteiger partial charge on any atom is 0.164 e. The number of hydrogen-bond donors (Lipinski definition) is 1. The molecule has 1 aromatic rings. The van der Waals surface area contributed by atoms with Gasteiger partial charge in [0.05, 0.1) is 0 Å². The Morgan fingerprint density at radius 3 is 2.71 bits per heavy atom. The predicted molar refractivity (Wildman–Crippen MR) is 58.5 cm³/mol. The summed E-state index contributed by atoms with van der Waals surface area (Å²) in [5.74, 6) is 0.593. The molecule has 2 nitrogen and oxygen atoms in total. The van der Waals surface area contributed by atoms with E-state index in [1.54, 1.807) is 0 Å². The lowest BCUT2D eigenvalue weighted by Crippen LogP contribution is -2.08. The van der Waals surface area contributed by atoms with Crippen LogP contribution in [0.1, 0.15) is 42.1 Å². The SMILES string of the molecule is CC(C)c1cccc(C(=O)CCN)c1. The number of benzene rings is 1. The molecule has 2 N–H and O–H groups in total. The fourth-order valence-corrected chi connectivity index (χ4v) is 1.35. The molecular formula is C12H17NO. The van der Waals surface area contributed by atoms with Gasteiger partial charge in [0.25, 0.3) is 0 Å². The number of Topliss-reactive ketones (excluding diaryl/α,β-unsaturated/α-hetero) is 1.